The Kier molecular flexibility index (Phi) is 4.74. The predicted octanol–water partition coefficient (Wildman–Crippen LogP) is 2.92. The van der Waals surface area contributed by atoms with E-state index in [1.165, 1.54) is 0 Å². The fourth-order valence-electron chi connectivity index (χ4n) is 2.72. The van der Waals surface area contributed by atoms with Gasteiger partial charge < -0.3 is 10.2 Å². The van der Waals surface area contributed by atoms with Gasteiger partial charge in [-0.1, -0.05) is 17.3 Å². The maximum absolute atomic E-state index is 12.2. The zero-order valence-electron chi connectivity index (χ0n) is 13.9. The van der Waals surface area contributed by atoms with Crippen LogP contribution in [0.1, 0.15) is 13.8 Å². The lowest BCUT2D eigenvalue weighted by molar-refractivity contribution is -0.116. The minimum absolute atomic E-state index is 0.124. The normalized spacial score (nSPS) is 10.8. The van der Waals surface area contributed by atoms with Gasteiger partial charge in [-0.2, -0.15) is 0 Å². The van der Waals surface area contributed by atoms with Crippen molar-refractivity contribution in [3.05, 3.63) is 48.5 Å². The van der Waals surface area contributed by atoms with Gasteiger partial charge in [0, 0.05) is 24.5 Å². The fraction of sp³-hybridized carbons (Fsp3) is 0.278. The van der Waals surface area contributed by atoms with E-state index >= 15 is 0 Å². The Morgan fingerprint density at radius 2 is 1.79 bits per heavy atom. The van der Waals surface area contributed by atoms with Crippen LogP contribution in [0.25, 0.3) is 11.0 Å². The number of amides is 1. The van der Waals surface area contributed by atoms with Crippen LogP contribution in [0.4, 0.5) is 11.4 Å². The number of rotatable bonds is 6. The predicted molar refractivity (Wildman–Crippen MR) is 96.2 cm³/mol. The third-order valence-corrected chi connectivity index (χ3v) is 3.99. The first kappa shape index (κ1) is 16.0. The smallest absolute Gasteiger partial charge is 0.246 e. The highest BCUT2D eigenvalue weighted by atomic mass is 16.2. The second-order valence-corrected chi connectivity index (χ2v) is 5.50. The van der Waals surface area contributed by atoms with Crippen molar-refractivity contribution in [1.29, 1.82) is 0 Å². The Hall–Kier alpha value is -2.89. The topological polar surface area (TPSA) is 63.1 Å². The molecule has 1 aromatic heterocycles. The first-order valence-corrected chi connectivity index (χ1v) is 8.14. The summed E-state index contributed by atoms with van der Waals surface area (Å²) in [4.78, 5) is 14.5. The van der Waals surface area contributed by atoms with Crippen LogP contribution in [-0.2, 0) is 11.3 Å². The van der Waals surface area contributed by atoms with Crippen LogP contribution in [0, 0.1) is 0 Å². The first-order chi connectivity index (χ1) is 11.7. The second kappa shape index (κ2) is 7.12. The number of carbonyl (C=O) groups excluding carboxylic acids is 1. The number of benzene rings is 2. The number of para-hydroxylation sites is 1. The molecule has 6 heteroatoms. The lowest BCUT2D eigenvalue weighted by atomic mass is 10.2. The Balaban J connectivity index is 1.66. The van der Waals surface area contributed by atoms with Gasteiger partial charge in [-0.15, -0.1) is 5.10 Å². The van der Waals surface area contributed by atoms with E-state index in [9.17, 15) is 4.79 Å². The molecule has 124 valence electrons. The highest BCUT2D eigenvalue weighted by molar-refractivity contribution is 5.91. The van der Waals surface area contributed by atoms with Crippen LogP contribution >= 0.6 is 0 Å². The Bertz CT molecular complexity index is 821. The van der Waals surface area contributed by atoms with Crippen molar-refractivity contribution >= 4 is 28.3 Å². The molecule has 0 fully saturated rings. The van der Waals surface area contributed by atoms with Gasteiger partial charge in [0.1, 0.15) is 12.1 Å². The first-order valence-electron chi connectivity index (χ1n) is 8.14. The molecule has 6 nitrogen and oxygen atoms in total. The minimum Gasteiger partial charge on any atom is -0.372 e. The van der Waals surface area contributed by atoms with Crippen molar-refractivity contribution in [3.63, 3.8) is 0 Å². The van der Waals surface area contributed by atoms with Crippen molar-refractivity contribution < 1.29 is 4.79 Å². The van der Waals surface area contributed by atoms with Crippen molar-refractivity contribution in [2.24, 2.45) is 0 Å². The minimum atomic E-state index is -0.124. The number of carbonyl (C=O) groups is 1. The fourth-order valence-corrected chi connectivity index (χ4v) is 2.72. The third kappa shape index (κ3) is 3.37. The molecule has 24 heavy (non-hydrogen) atoms. The van der Waals surface area contributed by atoms with E-state index < -0.39 is 0 Å². The van der Waals surface area contributed by atoms with Crippen LogP contribution in [0.3, 0.4) is 0 Å². The number of hydrogen-bond acceptors (Lipinski definition) is 4. The van der Waals surface area contributed by atoms with E-state index in [4.69, 9.17) is 0 Å². The summed E-state index contributed by atoms with van der Waals surface area (Å²) in [7, 11) is 0. The van der Waals surface area contributed by atoms with Gasteiger partial charge in [-0.05, 0) is 50.2 Å². The molecule has 2 aromatic carbocycles. The van der Waals surface area contributed by atoms with E-state index in [1.807, 2.05) is 48.5 Å². The average Bonchev–Trinajstić information content (AvgIpc) is 3.00. The number of aromatic nitrogens is 3. The summed E-state index contributed by atoms with van der Waals surface area (Å²) in [5.74, 6) is -0.124. The molecular weight excluding hydrogens is 302 g/mol. The molecule has 1 amide bonds. The summed E-state index contributed by atoms with van der Waals surface area (Å²) >= 11 is 0. The third-order valence-electron chi connectivity index (χ3n) is 3.99. The van der Waals surface area contributed by atoms with Gasteiger partial charge >= 0.3 is 0 Å². The number of anilines is 2. The number of hydrogen-bond donors (Lipinski definition) is 1. The molecule has 0 aliphatic carbocycles. The molecule has 0 spiro atoms. The molecule has 0 saturated carbocycles. The standard InChI is InChI=1S/C18H21N5O/c1-3-22(4-2)15-11-9-14(10-12-15)19-18(24)13-23-17-8-6-5-7-16(17)20-21-23/h5-12H,3-4,13H2,1-2H3,(H,19,24). The molecule has 1 heterocycles. The zero-order chi connectivity index (χ0) is 16.9. The second-order valence-electron chi connectivity index (χ2n) is 5.50. The summed E-state index contributed by atoms with van der Waals surface area (Å²) in [5.41, 5.74) is 3.57. The largest absolute Gasteiger partial charge is 0.372 e. The van der Waals surface area contributed by atoms with E-state index in [2.05, 4.69) is 34.4 Å². The summed E-state index contributed by atoms with van der Waals surface area (Å²) in [5, 5.41) is 11.0. The van der Waals surface area contributed by atoms with Gasteiger partial charge in [0.15, 0.2) is 0 Å². The summed E-state index contributed by atoms with van der Waals surface area (Å²) < 4.78 is 1.61. The molecule has 0 bridgehead atoms. The Labute approximate surface area is 141 Å². The van der Waals surface area contributed by atoms with Gasteiger partial charge in [0.2, 0.25) is 5.91 Å². The van der Waals surface area contributed by atoms with Gasteiger partial charge in [-0.25, -0.2) is 4.68 Å². The van der Waals surface area contributed by atoms with Crippen LogP contribution in [0.2, 0.25) is 0 Å². The number of nitrogens with zero attached hydrogens (tertiary/aromatic N) is 4. The Morgan fingerprint density at radius 1 is 1.08 bits per heavy atom. The average molecular weight is 323 g/mol. The lowest BCUT2D eigenvalue weighted by Crippen LogP contribution is -2.22. The molecular formula is C18H21N5O. The maximum Gasteiger partial charge on any atom is 0.246 e. The lowest BCUT2D eigenvalue weighted by Gasteiger charge is -2.21. The van der Waals surface area contributed by atoms with Crippen molar-refractivity contribution in [3.8, 4) is 0 Å². The SMILES string of the molecule is CCN(CC)c1ccc(NC(=O)Cn2nnc3ccccc32)cc1. The quantitative estimate of drug-likeness (QED) is 0.757. The summed E-state index contributed by atoms with van der Waals surface area (Å²) in [6.45, 7) is 6.31. The van der Waals surface area contributed by atoms with E-state index in [-0.39, 0.29) is 12.5 Å². The van der Waals surface area contributed by atoms with Crippen molar-refractivity contribution in [2.45, 2.75) is 20.4 Å². The van der Waals surface area contributed by atoms with Crippen molar-refractivity contribution in [2.75, 3.05) is 23.3 Å². The summed E-state index contributed by atoms with van der Waals surface area (Å²) in [6, 6.07) is 15.5. The monoisotopic (exact) mass is 323 g/mol. The highest BCUT2D eigenvalue weighted by Gasteiger charge is 2.09. The highest BCUT2D eigenvalue weighted by Crippen LogP contribution is 2.18. The van der Waals surface area contributed by atoms with Crippen LogP contribution in [0.5, 0.6) is 0 Å². The van der Waals surface area contributed by atoms with Gasteiger partial charge in [0.05, 0.1) is 5.52 Å². The van der Waals surface area contributed by atoms with E-state index in [1.54, 1.807) is 4.68 Å². The molecule has 0 saturated heterocycles. The molecule has 3 rings (SSSR count). The van der Waals surface area contributed by atoms with Crippen LogP contribution in [0.15, 0.2) is 48.5 Å². The van der Waals surface area contributed by atoms with Gasteiger partial charge in [-0.3, -0.25) is 4.79 Å². The van der Waals surface area contributed by atoms with Gasteiger partial charge in [0.25, 0.3) is 0 Å². The molecule has 0 radical (unpaired) electrons. The summed E-state index contributed by atoms with van der Waals surface area (Å²) in [6.07, 6.45) is 0. The molecule has 0 aliphatic heterocycles. The van der Waals surface area contributed by atoms with Crippen molar-refractivity contribution in [1.82, 2.24) is 15.0 Å². The molecule has 0 unspecified atom stereocenters. The Morgan fingerprint density at radius 3 is 2.50 bits per heavy atom. The van der Waals surface area contributed by atoms with Crippen LogP contribution in [-0.4, -0.2) is 34.0 Å². The zero-order valence-corrected chi connectivity index (χ0v) is 13.9. The van der Waals surface area contributed by atoms with E-state index in [0.717, 1.165) is 35.5 Å². The number of fused-ring (bicyclic) bond motifs is 1. The maximum atomic E-state index is 12.2. The molecule has 0 aliphatic rings. The molecule has 3 aromatic rings. The van der Waals surface area contributed by atoms with E-state index in [0.29, 0.717) is 0 Å². The molecule has 0 atom stereocenters. The molecule has 1 N–H and O–H groups in total. The number of nitrogens with one attached hydrogen (secondary N) is 1. The van der Waals surface area contributed by atoms with Crippen LogP contribution < -0.4 is 10.2 Å².